The third kappa shape index (κ3) is 3.14. The zero-order chi connectivity index (χ0) is 16.4. The predicted molar refractivity (Wildman–Crippen MR) is 83.5 cm³/mol. The maximum atomic E-state index is 11.6. The van der Waals surface area contributed by atoms with Crippen LogP contribution in [0.5, 0.6) is 11.5 Å². The zero-order valence-corrected chi connectivity index (χ0v) is 12.7. The van der Waals surface area contributed by atoms with E-state index in [2.05, 4.69) is 0 Å². The molecule has 0 fully saturated rings. The van der Waals surface area contributed by atoms with Crippen molar-refractivity contribution in [3.63, 3.8) is 0 Å². The van der Waals surface area contributed by atoms with E-state index < -0.39 is 6.10 Å². The summed E-state index contributed by atoms with van der Waals surface area (Å²) in [6.45, 7) is 0.376. The molecule has 23 heavy (non-hydrogen) atoms. The Morgan fingerprint density at radius 3 is 2.91 bits per heavy atom. The summed E-state index contributed by atoms with van der Waals surface area (Å²) in [6, 6.07) is 11.9. The Labute approximate surface area is 134 Å². The molecule has 0 saturated heterocycles. The number of hydrogen-bond acceptors (Lipinski definition) is 5. The van der Waals surface area contributed by atoms with Crippen molar-refractivity contribution in [1.29, 1.82) is 0 Å². The Kier molecular flexibility index (Phi) is 4.21. The molecule has 0 aliphatic carbocycles. The Balaban J connectivity index is 1.80. The van der Waals surface area contributed by atoms with Gasteiger partial charge in [-0.3, -0.25) is 0 Å². The fourth-order valence-corrected chi connectivity index (χ4v) is 2.86. The number of rotatable bonds is 3. The van der Waals surface area contributed by atoms with Crippen LogP contribution in [0.4, 0.5) is 0 Å². The highest BCUT2D eigenvalue weighted by Crippen LogP contribution is 2.38. The fourth-order valence-electron chi connectivity index (χ4n) is 2.86. The van der Waals surface area contributed by atoms with Crippen LogP contribution in [-0.2, 0) is 11.2 Å². The number of esters is 1. The molecule has 2 N–H and O–H groups in total. The van der Waals surface area contributed by atoms with Crippen LogP contribution in [0.25, 0.3) is 0 Å². The molecule has 0 amide bonds. The lowest BCUT2D eigenvalue weighted by atomic mass is 9.88. The van der Waals surface area contributed by atoms with Crippen molar-refractivity contribution in [3.8, 4) is 11.5 Å². The smallest absolute Gasteiger partial charge is 0.337 e. The van der Waals surface area contributed by atoms with Gasteiger partial charge in [0.15, 0.2) is 0 Å². The van der Waals surface area contributed by atoms with Gasteiger partial charge in [0.25, 0.3) is 0 Å². The molecule has 2 aromatic carbocycles. The highest BCUT2D eigenvalue weighted by atomic mass is 16.5. The van der Waals surface area contributed by atoms with Gasteiger partial charge in [-0.05, 0) is 42.3 Å². The molecule has 5 heteroatoms. The first kappa shape index (κ1) is 15.4. The second kappa shape index (κ2) is 6.30. The van der Waals surface area contributed by atoms with Crippen molar-refractivity contribution < 1.29 is 24.5 Å². The maximum Gasteiger partial charge on any atom is 0.337 e. The molecular weight excluding hydrogens is 296 g/mol. The van der Waals surface area contributed by atoms with E-state index >= 15 is 0 Å². The number of benzene rings is 2. The molecule has 2 aromatic rings. The maximum absolute atomic E-state index is 11.6. The van der Waals surface area contributed by atoms with Crippen molar-refractivity contribution in [2.75, 3.05) is 13.7 Å². The lowest BCUT2D eigenvalue weighted by Crippen LogP contribution is -2.27. The third-order valence-corrected chi connectivity index (χ3v) is 4.06. The van der Waals surface area contributed by atoms with Crippen LogP contribution in [0.3, 0.4) is 0 Å². The van der Waals surface area contributed by atoms with Crippen LogP contribution < -0.4 is 4.74 Å². The van der Waals surface area contributed by atoms with Crippen LogP contribution in [0.15, 0.2) is 42.5 Å². The summed E-state index contributed by atoms with van der Waals surface area (Å²) < 4.78 is 10.4. The zero-order valence-electron chi connectivity index (χ0n) is 12.7. The topological polar surface area (TPSA) is 76.0 Å². The van der Waals surface area contributed by atoms with Gasteiger partial charge in [0.2, 0.25) is 0 Å². The lowest BCUT2D eigenvalue weighted by Gasteiger charge is -2.30. The summed E-state index contributed by atoms with van der Waals surface area (Å²) in [6.07, 6.45) is -0.172. The molecule has 1 aliphatic heterocycles. The molecule has 1 aliphatic rings. The predicted octanol–water partition coefficient (Wildman–Crippen LogP) is 2.46. The van der Waals surface area contributed by atoms with Gasteiger partial charge < -0.3 is 19.7 Å². The number of aliphatic hydroxyl groups excluding tert-OH is 1. The first-order valence-electron chi connectivity index (χ1n) is 7.39. The van der Waals surface area contributed by atoms with E-state index in [1.165, 1.54) is 19.2 Å². The number of aromatic hydroxyl groups is 1. The molecule has 2 atom stereocenters. The number of carbonyl (C=O) groups excluding carboxylic acids is 1. The highest BCUT2D eigenvalue weighted by molar-refractivity contribution is 5.89. The molecule has 0 spiro atoms. The third-order valence-electron chi connectivity index (χ3n) is 4.06. The number of aliphatic hydroxyl groups is 1. The summed E-state index contributed by atoms with van der Waals surface area (Å²) in [7, 11) is 1.34. The summed E-state index contributed by atoms with van der Waals surface area (Å²) in [5, 5.41) is 20.1. The summed E-state index contributed by atoms with van der Waals surface area (Å²) in [4.78, 5) is 11.6. The molecule has 0 radical (unpaired) electrons. The van der Waals surface area contributed by atoms with Gasteiger partial charge >= 0.3 is 5.97 Å². The SMILES string of the molecule is COC(=O)c1cccc(C[C@@H]2COc3ccc(O)cc3[C@@H]2O)c1. The Hall–Kier alpha value is -2.53. The quantitative estimate of drug-likeness (QED) is 0.851. The average Bonchev–Trinajstić information content (AvgIpc) is 2.57. The van der Waals surface area contributed by atoms with Crippen LogP contribution in [0, 0.1) is 5.92 Å². The largest absolute Gasteiger partial charge is 0.508 e. The number of phenols is 1. The van der Waals surface area contributed by atoms with E-state index in [1.54, 1.807) is 24.3 Å². The van der Waals surface area contributed by atoms with Crippen LogP contribution in [0.1, 0.15) is 27.6 Å². The molecule has 0 saturated carbocycles. The van der Waals surface area contributed by atoms with Crippen molar-refractivity contribution in [3.05, 3.63) is 59.2 Å². The number of ether oxygens (including phenoxy) is 2. The number of methoxy groups -OCH3 is 1. The summed E-state index contributed by atoms with van der Waals surface area (Å²) in [5.74, 6) is 0.148. The van der Waals surface area contributed by atoms with E-state index in [9.17, 15) is 15.0 Å². The van der Waals surface area contributed by atoms with Gasteiger partial charge in [-0.25, -0.2) is 4.79 Å². The Morgan fingerprint density at radius 1 is 1.30 bits per heavy atom. The molecule has 0 aromatic heterocycles. The molecular formula is C18H18O5. The van der Waals surface area contributed by atoms with E-state index in [1.807, 2.05) is 6.07 Å². The Bertz CT molecular complexity index is 725. The minimum atomic E-state index is -0.729. The number of hydrogen-bond donors (Lipinski definition) is 2. The van der Waals surface area contributed by atoms with Gasteiger partial charge in [-0.1, -0.05) is 12.1 Å². The van der Waals surface area contributed by atoms with E-state index in [-0.39, 0.29) is 17.6 Å². The number of phenolic OH excluding ortho intramolecular Hbond substituents is 1. The average molecular weight is 314 g/mol. The normalized spacial score (nSPS) is 19.6. The second-order valence-electron chi connectivity index (χ2n) is 5.63. The molecule has 1 heterocycles. The minimum Gasteiger partial charge on any atom is -0.508 e. The molecule has 0 bridgehead atoms. The summed E-state index contributed by atoms with van der Waals surface area (Å²) >= 11 is 0. The van der Waals surface area contributed by atoms with Crippen molar-refractivity contribution in [2.24, 2.45) is 5.92 Å². The first-order chi connectivity index (χ1) is 11.1. The molecule has 3 rings (SSSR count). The summed E-state index contributed by atoms with van der Waals surface area (Å²) in [5.41, 5.74) is 1.99. The molecule has 0 unspecified atom stereocenters. The highest BCUT2D eigenvalue weighted by Gasteiger charge is 2.30. The number of carbonyl (C=O) groups is 1. The van der Waals surface area contributed by atoms with E-state index in [4.69, 9.17) is 9.47 Å². The van der Waals surface area contributed by atoms with Gasteiger partial charge in [-0.15, -0.1) is 0 Å². The van der Waals surface area contributed by atoms with E-state index in [0.29, 0.717) is 29.9 Å². The van der Waals surface area contributed by atoms with Crippen molar-refractivity contribution in [1.82, 2.24) is 0 Å². The first-order valence-corrected chi connectivity index (χ1v) is 7.39. The van der Waals surface area contributed by atoms with Crippen LogP contribution >= 0.6 is 0 Å². The fraction of sp³-hybridized carbons (Fsp3) is 0.278. The van der Waals surface area contributed by atoms with Gasteiger partial charge in [0.1, 0.15) is 11.5 Å². The van der Waals surface area contributed by atoms with Gasteiger partial charge in [-0.2, -0.15) is 0 Å². The molecule has 5 nitrogen and oxygen atoms in total. The van der Waals surface area contributed by atoms with Gasteiger partial charge in [0, 0.05) is 11.5 Å². The Morgan fingerprint density at radius 2 is 2.13 bits per heavy atom. The molecule has 120 valence electrons. The lowest BCUT2D eigenvalue weighted by molar-refractivity contribution is 0.0505. The van der Waals surface area contributed by atoms with Crippen LogP contribution in [-0.4, -0.2) is 29.9 Å². The van der Waals surface area contributed by atoms with Crippen molar-refractivity contribution >= 4 is 5.97 Å². The van der Waals surface area contributed by atoms with Crippen LogP contribution in [0.2, 0.25) is 0 Å². The van der Waals surface area contributed by atoms with E-state index in [0.717, 1.165) is 5.56 Å². The van der Waals surface area contributed by atoms with Gasteiger partial charge in [0.05, 0.1) is 25.4 Å². The number of fused-ring (bicyclic) bond motifs is 1. The van der Waals surface area contributed by atoms with Crippen molar-refractivity contribution in [2.45, 2.75) is 12.5 Å². The second-order valence-corrected chi connectivity index (χ2v) is 5.63. The minimum absolute atomic E-state index is 0.0970. The monoisotopic (exact) mass is 314 g/mol. The standard InChI is InChI=1S/C18H18O5/c1-22-18(21)12-4-2-3-11(7-12)8-13-10-23-16-6-5-14(19)9-15(16)17(13)20/h2-7,9,13,17,19-20H,8,10H2,1H3/t13-,17-/m1/s1.